The van der Waals surface area contributed by atoms with E-state index in [-0.39, 0.29) is 18.4 Å². The lowest BCUT2D eigenvalue weighted by Gasteiger charge is -2.27. The third-order valence-electron chi connectivity index (χ3n) is 7.07. The van der Waals surface area contributed by atoms with E-state index >= 15 is 0 Å². The van der Waals surface area contributed by atoms with Crippen molar-refractivity contribution in [2.75, 3.05) is 6.61 Å². The summed E-state index contributed by atoms with van der Waals surface area (Å²) in [6.07, 6.45) is 0.437. The number of esters is 1. The fraction of sp³-hybridized carbons (Fsp3) is 0.250. The Bertz CT molecular complexity index is 1510. The molecule has 0 aromatic heterocycles. The van der Waals surface area contributed by atoms with Gasteiger partial charge in [-0.2, -0.15) is 0 Å². The SMILES string of the molecule is CC(C)N(Cc1cccc(OCCCCCC(=O)OC(=O)O)c1)C(=O)c1ccc(-c2cccc(-c3ccccc3)c2)cc1. The van der Waals surface area contributed by atoms with Crippen LogP contribution in [0.2, 0.25) is 0 Å². The zero-order valence-corrected chi connectivity index (χ0v) is 24.6. The lowest BCUT2D eigenvalue weighted by molar-refractivity contribution is -0.139. The van der Waals surface area contributed by atoms with Crippen LogP contribution < -0.4 is 4.74 Å². The highest BCUT2D eigenvalue weighted by Gasteiger charge is 2.19. The zero-order chi connectivity index (χ0) is 30.6. The molecule has 1 amide bonds. The van der Waals surface area contributed by atoms with Crippen molar-refractivity contribution in [2.45, 2.75) is 52.1 Å². The number of hydrogen-bond acceptors (Lipinski definition) is 5. The van der Waals surface area contributed by atoms with Gasteiger partial charge in [0.1, 0.15) is 5.75 Å². The average molecular weight is 580 g/mol. The standard InChI is InChI=1S/C36H37NO6/c1-26(2)37(25-27-11-9-16-33(23-27)42-22-8-4-7-17-34(38)43-36(40)41)35(39)30-20-18-29(19-21-30)32-15-10-14-31(24-32)28-12-5-3-6-13-28/h3,5-6,9-16,18-21,23-24,26H,4,7-8,17,22,25H2,1-2H3,(H,40,41). The topological polar surface area (TPSA) is 93.1 Å². The molecule has 4 aromatic carbocycles. The molecule has 0 fully saturated rings. The van der Waals surface area contributed by atoms with Crippen molar-refractivity contribution in [2.24, 2.45) is 0 Å². The van der Waals surface area contributed by atoms with Gasteiger partial charge >= 0.3 is 12.1 Å². The first kappa shape index (κ1) is 31.0. The van der Waals surface area contributed by atoms with Gasteiger partial charge in [0, 0.05) is 24.6 Å². The summed E-state index contributed by atoms with van der Waals surface area (Å²) in [5, 5.41) is 8.45. The Balaban J connectivity index is 1.34. The highest BCUT2D eigenvalue weighted by molar-refractivity contribution is 5.95. The molecule has 7 heteroatoms. The second-order valence-corrected chi connectivity index (χ2v) is 10.6. The van der Waals surface area contributed by atoms with Gasteiger partial charge in [0.2, 0.25) is 0 Å². The van der Waals surface area contributed by atoms with E-state index in [0.29, 0.717) is 43.7 Å². The van der Waals surface area contributed by atoms with Crippen LogP contribution in [0.5, 0.6) is 5.75 Å². The molecule has 4 aromatic rings. The van der Waals surface area contributed by atoms with Gasteiger partial charge < -0.3 is 19.5 Å². The highest BCUT2D eigenvalue weighted by Crippen LogP contribution is 2.27. The van der Waals surface area contributed by atoms with Crippen LogP contribution in [0.15, 0.2) is 103 Å². The molecule has 4 rings (SSSR count). The maximum absolute atomic E-state index is 13.6. The molecule has 0 saturated heterocycles. The number of carboxylic acid groups (broad SMARTS) is 1. The first-order valence-electron chi connectivity index (χ1n) is 14.5. The van der Waals surface area contributed by atoms with Gasteiger partial charge in [0.25, 0.3) is 5.91 Å². The predicted molar refractivity (Wildman–Crippen MR) is 167 cm³/mol. The minimum absolute atomic E-state index is 0.00729. The molecule has 0 unspecified atom stereocenters. The summed E-state index contributed by atoms with van der Waals surface area (Å²) in [5.41, 5.74) is 6.06. The summed E-state index contributed by atoms with van der Waals surface area (Å²) >= 11 is 0. The number of ether oxygens (including phenoxy) is 2. The molecule has 0 aliphatic heterocycles. The first-order valence-corrected chi connectivity index (χ1v) is 14.5. The zero-order valence-electron chi connectivity index (χ0n) is 24.6. The summed E-state index contributed by atoms with van der Waals surface area (Å²) in [7, 11) is 0. The van der Waals surface area contributed by atoms with Crippen molar-refractivity contribution in [1.82, 2.24) is 4.90 Å². The summed E-state index contributed by atoms with van der Waals surface area (Å²) in [6, 6.07) is 34.2. The van der Waals surface area contributed by atoms with Crippen LogP contribution in [-0.2, 0) is 16.1 Å². The van der Waals surface area contributed by atoms with Crippen LogP contribution in [0.25, 0.3) is 22.3 Å². The van der Waals surface area contributed by atoms with Crippen molar-refractivity contribution in [3.63, 3.8) is 0 Å². The van der Waals surface area contributed by atoms with E-state index in [4.69, 9.17) is 9.84 Å². The fourth-order valence-corrected chi connectivity index (χ4v) is 4.79. The first-order chi connectivity index (χ1) is 20.8. The fourth-order valence-electron chi connectivity index (χ4n) is 4.79. The lowest BCUT2D eigenvalue weighted by Crippen LogP contribution is -2.36. The smallest absolute Gasteiger partial charge is 0.494 e. The van der Waals surface area contributed by atoms with Gasteiger partial charge in [-0.25, -0.2) is 4.79 Å². The number of amides is 1. The van der Waals surface area contributed by atoms with Crippen molar-refractivity contribution >= 4 is 18.0 Å². The van der Waals surface area contributed by atoms with Crippen molar-refractivity contribution < 1.29 is 29.0 Å². The van der Waals surface area contributed by atoms with Crippen LogP contribution >= 0.6 is 0 Å². The maximum atomic E-state index is 13.6. The number of benzene rings is 4. The molecule has 43 heavy (non-hydrogen) atoms. The Morgan fingerprint density at radius 1 is 0.721 bits per heavy atom. The normalized spacial score (nSPS) is 10.8. The Morgan fingerprint density at radius 2 is 1.37 bits per heavy atom. The summed E-state index contributed by atoms with van der Waals surface area (Å²) in [6.45, 7) is 4.92. The second kappa shape index (κ2) is 15.4. The molecular formula is C36H37NO6. The van der Waals surface area contributed by atoms with Gasteiger partial charge in [0.05, 0.1) is 6.61 Å². The molecule has 0 spiro atoms. The van der Waals surface area contributed by atoms with Gasteiger partial charge in [-0.1, -0.05) is 72.8 Å². The van der Waals surface area contributed by atoms with E-state index < -0.39 is 12.1 Å². The van der Waals surface area contributed by atoms with E-state index in [0.717, 1.165) is 27.8 Å². The lowest BCUT2D eigenvalue weighted by atomic mass is 9.98. The van der Waals surface area contributed by atoms with E-state index in [1.165, 1.54) is 0 Å². The number of nitrogens with zero attached hydrogens (tertiary/aromatic N) is 1. The van der Waals surface area contributed by atoms with Gasteiger partial charge in [-0.15, -0.1) is 0 Å². The largest absolute Gasteiger partial charge is 0.513 e. The molecule has 0 bridgehead atoms. The molecule has 0 aliphatic rings. The number of carbonyl (C=O) groups excluding carboxylic acids is 2. The minimum Gasteiger partial charge on any atom is -0.494 e. The van der Waals surface area contributed by atoms with Crippen molar-refractivity contribution in [3.05, 3.63) is 114 Å². The Labute approximate surface area is 252 Å². The third kappa shape index (κ3) is 9.30. The molecule has 7 nitrogen and oxygen atoms in total. The Kier molecular flexibility index (Phi) is 11.1. The molecule has 0 atom stereocenters. The minimum atomic E-state index is -1.58. The molecule has 1 N–H and O–H groups in total. The second-order valence-electron chi connectivity index (χ2n) is 10.6. The van der Waals surface area contributed by atoms with Gasteiger partial charge in [-0.3, -0.25) is 9.59 Å². The van der Waals surface area contributed by atoms with Crippen molar-refractivity contribution in [1.29, 1.82) is 0 Å². The molecule has 0 saturated carbocycles. The number of rotatable bonds is 13. The summed E-state index contributed by atoms with van der Waals surface area (Å²) in [5.74, 6) is -0.0664. The Morgan fingerprint density at radius 3 is 2.05 bits per heavy atom. The summed E-state index contributed by atoms with van der Waals surface area (Å²) < 4.78 is 9.98. The van der Waals surface area contributed by atoms with Crippen LogP contribution in [0.3, 0.4) is 0 Å². The number of unbranched alkanes of at least 4 members (excludes halogenated alkanes) is 2. The summed E-state index contributed by atoms with van der Waals surface area (Å²) in [4.78, 5) is 37.1. The number of carbonyl (C=O) groups is 3. The highest BCUT2D eigenvalue weighted by atomic mass is 16.7. The molecule has 0 aliphatic carbocycles. The van der Waals surface area contributed by atoms with Crippen LogP contribution in [0.1, 0.15) is 55.5 Å². The van der Waals surface area contributed by atoms with Crippen molar-refractivity contribution in [3.8, 4) is 28.0 Å². The van der Waals surface area contributed by atoms with Crippen LogP contribution in [-0.4, -0.2) is 40.7 Å². The quantitative estimate of drug-likeness (QED) is 0.0974. The monoisotopic (exact) mass is 579 g/mol. The molecule has 0 heterocycles. The molecular weight excluding hydrogens is 542 g/mol. The number of hydrogen-bond donors (Lipinski definition) is 1. The maximum Gasteiger partial charge on any atom is 0.513 e. The van der Waals surface area contributed by atoms with Crippen LogP contribution in [0, 0.1) is 0 Å². The van der Waals surface area contributed by atoms with Gasteiger partial charge in [0.15, 0.2) is 0 Å². The van der Waals surface area contributed by atoms with E-state index in [1.54, 1.807) is 0 Å². The van der Waals surface area contributed by atoms with Crippen LogP contribution in [0.4, 0.5) is 4.79 Å². The average Bonchev–Trinajstić information content (AvgIpc) is 3.01. The molecule has 222 valence electrons. The van der Waals surface area contributed by atoms with E-state index in [2.05, 4.69) is 41.1 Å². The Hall–Kier alpha value is -4.91. The molecule has 0 radical (unpaired) electrons. The third-order valence-corrected chi connectivity index (χ3v) is 7.07. The predicted octanol–water partition coefficient (Wildman–Crippen LogP) is 8.23. The van der Waals surface area contributed by atoms with Gasteiger partial charge in [-0.05, 0) is 91.3 Å². The van der Waals surface area contributed by atoms with E-state index in [1.807, 2.05) is 85.5 Å². The van der Waals surface area contributed by atoms with E-state index in [9.17, 15) is 14.4 Å².